The third-order valence-electron chi connectivity index (χ3n) is 1.66. The summed E-state index contributed by atoms with van der Waals surface area (Å²) in [6.07, 6.45) is 1.74. The van der Waals surface area contributed by atoms with Gasteiger partial charge in [0.1, 0.15) is 0 Å². The normalized spacial score (nSPS) is 26.7. The number of hydrogen-bond acceptors (Lipinski definition) is 2. The molecule has 1 N–H and O–H groups in total. The van der Waals surface area contributed by atoms with E-state index in [2.05, 4.69) is 5.32 Å². The number of alkyl halides is 1. The molecule has 0 saturated carbocycles. The van der Waals surface area contributed by atoms with Gasteiger partial charge in [0.2, 0.25) is 0 Å². The first-order chi connectivity index (χ1) is 4.93. The molecule has 1 rings (SSSR count). The summed E-state index contributed by atoms with van der Waals surface area (Å²) in [6.45, 7) is 2.38. The molecule has 0 aromatic rings. The van der Waals surface area contributed by atoms with E-state index >= 15 is 0 Å². The van der Waals surface area contributed by atoms with E-state index in [0.717, 1.165) is 26.1 Å². The number of halogens is 1. The van der Waals surface area contributed by atoms with Crippen LogP contribution in [0.1, 0.15) is 12.8 Å². The Bertz CT molecular complexity index is 83.7. The first kappa shape index (κ1) is 7.95. The Morgan fingerprint density at radius 3 is 3.10 bits per heavy atom. The van der Waals surface area contributed by atoms with Gasteiger partial charge in [-0.2, -0.15) is 0 Å². The maximum Gasteiger partial charge on any atom is 0.0895 e. The zero-order valence-electron chi connectivity index (χ0n) is 6.11. The average Bonchev–Trinajstić information content (AvgIpc) is 2.03. The number of ether oxygens (including phenoxy) is 1. The van der Waals surface area contributed by atoms with Crippen molar-refractivity contribution < 1.29 is 9.13 Å². The van der Waals surface area contributed by atoms with Gasteiger partial charge in [-0.15, -0.1) is 0 Å². The Morgan fingerprint density at radius 1 is 1.60 bits per heavy atom. The highest BCUT2D eigenvalue weighted by atomic mass is 19.1. The predicted octanol–water partition coefficient (Wildman–Crippen LogP) is 0.724. The van der Waals surface area contributed by atoms with Crippen molar-refractivity contribution in [3.8, 4) is 0 Å². The predicted molar refractivity (Wildman–Crippen MR) is 37.8 cm³/mol. The third kappa shape index (κ3) is 2.62. The molecule has 1 aliphatic heterocycles. The molecule has 1 aliphatic rings. The number of morpholine rings is 1. The fourth-order valence-electron chi connectivity index (χ4n) is 1.11. The van der Waals surface area contributed by atoms with Gasteiger partial charge in [0, 0.05) is 13.1 Å². The first-order valence-corrected chi connectivity index (χ1v) is 3.82. The van der Waals surface area contributed by atoms with Crippen molar-refractivity contribution in [2.24, 2.45) is 0 Å². The van der Waals surface area contributed by atoms with Crippen molar-refractivity contribution in [2.45, 2.75) is 18.9 Å². The minimum absolute atomic E-state index is 0.222. The lowest BCUT2D eigenvalue weighted by Crippen LogP contribution is -2.38. The molecule has 0 aliphatic carbocycles. The summed E-state index contributed by atoms with van der Waals surface area (Å²) in [6, 6.07) is 0. The summed E-state index contributed by atoms with van der Waals surface area (Å²) < 4.78 is 17.0. The van der Waals surface area contributed by atoms with Crippen LogP contribution in [0, 0.1) is 0 Å². The van der Waals surface area contributed by atoms with Crippen molar-refractivity contribution in [1.29, 1.82) is 0 Å². The van der Waals surface area contributed by atoms with Gasteiger partial charge in [-0.3, -0.25) is 4.39 Å². The summed E-state index contributed by atoms with van der Waals surface area (Å²) >= 11 is 0. The Labute approximate surface area is 60.8 Å². The van der Waals surface area contributed by atoms with Crippen LogP contribution in [0.15, 0.2) is 0 Å². The van der Waals surface area contributed by atoms with Gasteiger partial charge < -0.3 is 10.1 Å². The Balaban J connectivity index is 2.02. The van der Waals surface area contributed by atoms with Crippen molar-refractivity contribution in [1.82, 2.24) is 5.32 Å². The topological polar surface area (TPSA) is 21.3 Å². The molecule has 1 unspecified atom stereocenters. The molecular formula is C7H14FNO. The number of hydrogen-bond donors (Lipinski definition) is 1. The van der Waals surface area contributed by atoms with Crippen LogP contribution in [-0.4, -0.2) is 32.5 Å². The lowest BCUT2D eigenvalue weighted by Gasteiger charge is -2.22. The zero-order chi connectivity index (χ0) is 7.23. The molecule has 1 atom stereocenters. The second kappa shape index (κ2) is 4.63. The summed E-state index contributed by atoms with van der Waals surface area (Å²) in [4.78, 5) is 0. The van der Waals surface area contributed by atoms with E-state index in [1.54, 1.807) is 0 Å². The van der Waals surface area contributed by atoms with Crippen LogP contribution >= 0.6 is 0 Å². The maximum absolute atomic E-state index is 11.7. The first-order valence-electron chi connectivity index (χ1n) is 3.82. The fourth-order valence-corrected chi connectivity index (χ4v) is 1.11. The summed E-state index contributed by atoms with van der Waals surface area (Å²) in [7, 11) is 0. The zero-order valence-corrected chi connectivity index (χ0v) is 6.11. The summed E-state index contributed by atoms with van der Waals surface area (Å²) in [5, 5.41) is 3.20. The van der Waals surface area contributed by atoms with E-state index < -0.39 is 0 Å². The van der Waals surface area contributed by atoms with Crippen LogP contribution in [0.25, 0.3) is 0 Å². The standard InChI is InChI=1S/C7H14FNO/c8-3-1-2-7-6-9-4-5-10-7/h7,9H,1-6H2. The van der Waals surface area contributed by atoms with E-state index in [9.17, 15) is 4.39 Å². The molecule has 1 fully saturated rings. The molecular weight excluding hydrogens is 133 g/mol. The van der Waals surface area contributed by atoms with E-state index in [1.165, 1.54) is 0 Å². The van der Waals surface area contributed by atoms with E-state index in [-0.39, 0.29) is 12.8 Å². The third-order valence-corrected chi connectivity index (χ3v) is 1.66. The molecule has 0 aromatic carbocycles. The van der Waals surface area contributed by atoms with Crippen LogP contribution in [0.4, 0.5) is 4.39 Å². The molecule has 0 aromatic heterocycles. The molecule has 60 valence electrons. The van der Waals surface area contributed by atoms with Gasteiger partial charge in [-0.25, -0.2) is 0 Å². The second-order valence-corrected chi connectivity index (χ2v) is 2.53. The quantitative estimate of drug-likeness (QED) is 0.635. The van der Waals surface area contributed by atoms with E-state index in [4.69, 9.17) is 4.74 Å². The van der Waals surface area contributed by atoms with Crippen LogP contribution in [-0.2, 0) is 4.74 Å². The highest BCUT2D eigenvalue weighted by Crippen LogP contribution is 2.03. The largest absolute Gasteiger partial charge is 0.376 e. The van der Waals surface area contributed by atoms with E-state index in [1.807, 2.05) is 0 Å². The monoisotopic (exact) mass is 147 g/mol. The van der Waals surface area contributed by atoms with Crippen molar-refractivity contribution in [3.05, 3.63) is 0 Å². The SMILES string of the molecule is FCCCC1CNCCO1. The van der Waals surface area contributed by atoms with Crippen molar-refractivity contribution in [2.75, 3.05) is 26.4 Å². The molecule has 1 saturated heterocycles. The minimum Gasteiger partial charge on any atom is -0.376 e. The lowest BCUT2D eigenvalue weighted by molar-refractivity contribution is 0.0214. The molecule has 0 radical (unpaired) electrons. The highest BCUT2D eigenvalue weighted by Gasteiger charge is 2.11. The second-order valence-electron chi connectivity index (χ2n) is 2.53. The Morgan fingerprint density at radius 2 is 2.50 bits per heavy atom. The van der Waals surface area contributed by atoms with Gasteiger partial charge in [-0.05, 0) is 12.8 Å². The molecule has 10 heavy (non-hydrogen) atoms. The van der Waals surface area contributed by atoms with Crippen LogP contribution in [0.2, 0.25) is 0 Å². The van der Waals surface area contributed by atoms with Crippen molar-refractivity contribution >= 4 is 0 Å². The van der Waals surface area contributed by atoms with Gasteiger partial charge in [0.15, 0.2) is 0 Å². The smallest absolute Gasteiger partial charge is 0.0895 e. The van der Waals surface area contributed by atoms with Crippen LogP contribution in [0.5, 0.6) is 0 Å². The minimum atomic E-state index is -0.222. The van der Waals surface area contributed by atoms with Gasteiger partial charge in [0.05, 0.1) is 19.4 Å². The number of rotatable bonds is 3. The molecule has 2 nitrogen and oxygen atoms in total. The number of nitrogens with one attached hydrogen (secondary N) is 1. The molecule has 0 bridgehead atoms. The Kier molecular flexibility index (Phi) is 3.68. The molecule has 3 heteroatoms. The fraction of sp³-hybridized carbons (Fsp3) is 1.00. The lowest BCUT2D eigenvalue weighted by atomic mass is 10.2. The van der Waals surface area contributed by atoms with Crippen LogP contribution in [0.3, 0.4) is 0 Å². The van der Waals surface area contributed by atoms with Gasteiger partial charge in [0.25, 0.3) is 0 Å². The van der Waals surface area contributed by atoms with Gasteiger partial charge >= 0.3 is 0 Å². The van der Waals surface area contributed by atoms with Crippen LogP contribution < -0.4 is 5.32 Å². The van der Waals surface area contributed by atoms with Gasteiger partial charge in [-0.1, -0.05) is 0 Å². The maximum atomic E-state index is 11.7. The molecule has 1 heterocycles. The van der Waals surface area contributed by atoms with Crippen molar-refractivity contribution in [3.63, 3.8) is 0 Å². The molecule has 0 spiro atoms. The summed E-state index contributed by atoms with van der Waals surface area (Å²) in [5.41, 5.74) is 0. The summed E-state index contributed by atoms with van der Waals surface area (Å²) in [5.74, 6) is 0. The highest BCUT2D eigenvalue weighted by molar-refractivity contribution is 4.66. The average molecular weight is 147 g/mol. The van der Waals surface area contributed by atoms with E-state index in [0.29, 0.717) is 6.42 Å². The molecule has 0 amide bonds. The Hall–Kier alpha value is -0.150.